The molecule has 26 heavy (non-hydrogen) atoms. The van der Waals surface area contributed by atoms with Gasteiger partial charge in [-0.25, -0.2) is 0 Å². The molecule has 2 aliphatic heterocycles. The fourth-order valence-electron chi connectivity index (χ4n) is 3.12. The lowest BCUT2D eigenvalue weighted by Crippen LogP contribution is -2.56. The Morgan fingerprint density at radius 3 is 2.00 bits per heavy atom. The Bertz CT molecular complexity index is 698. The highest BCUT2D eigenvalue weighted by atomic mass is 32.2. The molecule has 2 aliphatic rings. The third kappa shape index (κ3) is 4.42. The summed E-state index contributed by atoms with van der Waals surface area (Å²) in [7, 11) is -1.34. The van der Waals surface area contributed by atoms with Crippen molar-refractivity contribution in [2.75, 3.05) is 59.4 Å². The van der Waals surface area contributed by atoms with Crippen molar-refractivity contribution in [3.63, 3.8) is 0 Å². The minimum Gasteiger partial charge on any atom is -0.338 e. The summed E-state index contributed by atoms with van der Waals surface area (Å²) in [6.07, 6.45) is 0. The van der Waals surface area contributed by atoms with Gasteiger partial charge in [-0.15, -0.1) is 0 Å². The third-order valence-corrected chi connectivity index (χ3v) is 6.98. The number of aromatic nitrogens is 2. The molecule has 3 heterocycles. The lowest BCUT2D eigenvalue weighted by Gasteiger charge is -2.38. The Hall–Kier alpha value is -1.07. The van der Waals surface area contributed by atoms with Gasteiger partial charge >= 0.3 is 0 Å². The van der Waals surface area contributed by atoms with Crippen LogP contribution >= 0.6 is 0 Å². The summed E-state index contributed by atoms with van der Waals surface area (Å²) in [5.74, 6) is 1.29. The fraction of sp³-hybridized carbons (Fsp3) is 0.875. The second-order valence-corrected chi connectivity index (χ2v) is 10.1. The first-order valence-corrected chi connectivity index (χ1v) is 10.5. The van der Waals surface area contributed by atoms with Crippen LogP contribution in [-0.2, 0) is 22.2 Å². The highest BCUT2D eigenvalue weighted by Crippen LogP contribution is 2.20. The maximum Gasteiger partial charge on any atom is 0.282 e. The van der Waals surface area contributed by atoms with E-state index < -0.39 is 10.2 Å². The van der Waals surface area contributed by atoms with Crippen molar-refractivity contribution in [3.05, 3.63) is 11.7 Å². The maximum absolute atomic E-state index is 12.8. The lowest BCUT2D eigenvalue weighted by molar-refractivity contribution is 0.152. The number of nitrogens with zero attached hydrogens (tertiary/aromatic N) is 6. The Balaban J connectivity index is 1.53. The molecule has 148 valence electrons. The molecule has 2 saturated heterocycles. The molecule has 0 amide bonds. The predicted octanol–water partition coefficient (Wildman–Crippen LogP) is -0.0231. The minimum atomic E-state index is -3.36. The molecule has 0 aromatic carbocycles. The molecule has 0 saturated carbocycles. The van der Waals surface area contributed by atoms with E-state index in [2.05, 4.69) is 19.9 Å². The van der Waals surface area contributed by atoms with Gasteiger partial charge in [-0.05, 0) is 7.05 Å². The van der Waals surface area contributed by atoms with Crippen LogP contribution in [0.5, 0.6) is 0 Å². The van der Waals surface area contributed by atoms with E-state index in [0.717, 1.165) is 13.1 Å². The number of rotatable bonds is 4. The zero-order valence-corrected chi connectivity index (χ0v) is 17.0. The smallest absolute Gasteiger partial charge is 0.282 e. The van der Waals surface area contributed by atoms with Crippen molar-refractivity contribution in [1.82, 2.24) is 28.6 Å². The van der Waals surface area contributed by atoms with Gasteiger partial charge in [0.15, 0.2) is 5.82 Å². The van der Waals surface area contributed by atoms with Crippen LogP contribution in [0.4, 0.5) is 0 Å². The van der Waals surface area contributed by atoms with Crippen LogP contribution in [0.1, 0.15) is 32.5 Å². The molecular weight excluding hydrogens is 356 g/mol. The molecule has 0 unspecified atom stereocenters. The molecule has 0 atom stereocenters. The second kappa shape index (κ2) is 7.51. The summed E-state index contributed by atoms with van der Waals surface area (Å²) >= 11 is 0. The van der Waals surface area contributed by atoms with Gasteiger partial charge in [-0.3, -0.25) is 4.90 Å². The van der Waals surface area contributed by atoms with Gasteiger partial charge in [-0.1, -0.05) is 25.9 Å². The number of hydrogen-bond acceptors (Lipinski definition) is 7. The number of hydrogen-bond donors (Lipinski definition) is 0. The first-order chi connectivity index (χ1) is 12.2. The molecule has 0 N–H and O–H groups in total. The van der Waals surface area contributed by atoms with E-state index in [1.54, 1.807) is 8.61 Å². The maximum atomic E-state index is 12.8. The van der Waals surface area contributed by atoms with Crippen LogP contribution in [0.25, 0.3) is 0 Å². The molecule has 1 aromatic heterocycles. The Morgan fingerprint density at radius 1 is 0.962 bits per heavy atom. The summed E-state index contributed by atoms with van der Waals surface area (Å²) in [5.41, 5.74) is -0.142. The van der Waals surface area contributed by atoms with E-state index in [1.807, 2.05) is 27.8 Å². The second-order valence-electron chi connectivity index (χ2n) is 8.15. The summed E-state index contributed by atoms with van der Waals surface area (Å²) < 4.78 is 34.2. The Labute approximate surface area is 156 Å². The average molecular weight is 387 g/mol. The van der Waals surface area contributed by atoms with Crippen molar-refractivity contribution in [1.29, 1.82) is 0 Å². The van der Waals surface area contributed by atoms with Crippen molar-refractivity contribution in [2.45, 2.75) is 32.7 Å². The standard InChI is InChI=1S/C16H30N6O3S/c1-16(2,3)15-17-14(25-18-15)13-20-7-11-22(12-8-20)26(23,24)21-9-5-19(4)6-10-21/h5-13H2,1-4H3. The normalized spacial score (nSPS) is 22.8. The molecule has 0 aliphatic carbocycles. The monoisotopic (exact) mass is 386 g/mol. The van der Waals surface area contributed by atoms with E-state index in [1.165, 1.54) is 0 Å². The van der Waals surface area contributed by atoms with Gasteiger partial charge in [-0.2, -0.15) is 22.0 Å². The van der Waals surface area contributed by atoms with Gasteiger partial charge in [0.25, 0.3) is 10.2 Å². The molecule has 0 radical (unpaired) electrons. The summed E-state index contributed by atoms with van der Waals surface area (Å²) in [5, 5.41) is 4.04. The van der Waals surface area contributed by atoms with Gasteiger partial charge in [0, 0.05) is 57.8 Å². The third-order valence-electron chi connectivity index (χ3n) is 4.94. The van der Waals surface area contributed by atoms with Gasteiger partial charge in [0.2, 0.25) is 5.89 Å². The number of likely N-dealkylation sites (N-methyl/N-ethyl adjacent to an activating group) is 1. The fourth-order valence-corrected chi connectivity index (χ4v) is 4.69. The highest BCUT2D eigenvalue weighted by molar-refractivity contribution is 7.86. The van der Waals surface area contributed by atoms with E-state index in [4.69, 9.17) is 4.52 Å². The molecule has 1 aromatic rings. The molecule has 9 nitrogen and oxygen atoms in total. The van der Waals surface area contributed by atoms with Crippen molar-refractivity contribution < 1.29 is 12.9 Å². The zero-order chi connectivity index (χ0) is 18.9. The van der Waals surface area contributed by atoms with Crippen LogP contribution in [-0.4, -0.2) is 96.4 Å². The molecule has 10 heteroatoms. The zero-order valence-electron chi connectivity index (χ0n) is 16.2. The minimum absolute atomic E-state index is 0.142. The van der Waals surface area contributed by atoms with E-state index in [9.17, 15) is 8.42 Å². The van der Waals surface area contributed by atoms with Gasteiger partial charge < -0.3 is 9.42 Å². The van der Waals surface area contributed by atoms with Crippen LogP contribution in [0.3, 0.4) is 0 Å². The summed E-state index contributed by atoms with van der Waals surface area (Å²) in [4.78, 5) is 8.78. The van der Waals surface area contributed by atoms with Crippen LogP contribution in [0.15, 0.2) is 4.52 Å². The molecule has 0 bridgehead atoms. The molecular formula is C16H30N6O3S. The quantitative estimate of drug-likeness (QED) is 0.719. The molecule has 3 rings (SSSR count). The Morgan fingerprint density at radius 2 is 1.50 bits per heavy atom. The summed E-state index contributed by atoms with van der Waals surface area (Å²) in [6, 6.07) is 0. The lowest BCUT2D eigenvalue weighted by atomic mass is 9.96. The largest absolute Gasteiger partial charge is 0.338 e. The molecule has 2 fully saturated rings. The van der Waals surface area contributed by atoms with Crippen molar-refractivity contribution in [2.24, 2.45) is 0 Å². The van der Waals surface area contributed by atoms with E-state index >= 15 is 0 Å². The van der Waals surface area contributed by atoms with Crippen LogP contribution in [0.2, 0.25) is 0 Å². The topological polar surface area (TPSA) is 86.0 Å². The SMILES string of the molecule is CN1CCN(S(=O)(=O)N2CCN(Cc3nc(C(C)(C)C)no3)CC2)CC1. The predicted molar refractivity (Wildman–Crippen MR) is 97.8 cm³/mol. The highest BCUT2D eigenvalue weighted by Gasteiger charge is 2.34. The summed E-state index contributed by atoms with van der Waals surface area (Å²) in [6.45, 7) is 11.7. The molecule has 0 spiro atoms. The van der Waals surface area contributed by atoms with Crippen LogP contribution < -0.4 is 0 Å². The first kappa shape index (κ1) is 19.7. The van der Waals surface area contributed by atoms with Gasteiger partial charge in [0.05, 0.1) is 6.54 Å². The van der Waals surface area contributed by atoms with Crippen LogP contribution in [0, 0.1) is 0 Å². The number of piperazine rings is 2. The van der Waals surface area contributed by atoms with Crippen molar-refractivity contribution in [3.8, 4) is 0 Å². The van der Waals surface area contributed by atoms with Gasteiger partial charge in [0.1, 0.15) is 0 Å². The van der Waals surface area contributed by atoms with E-state index in [-0.39, 0.29) is 5.41 Å². The van der Waals surface area contributed by atoms with E-state index in [0.29, 0.717) is 57.5 Å². The van der Waals surface area contributed by atoms with Crippen molar-refractivity contribution >= 4 is 10.2 Å². The Kier molecular flexibility index (Phi) is 5.69. The first-order valence-electron chi connectivity index (χ1n) is 9.15. The average Bonchev–Trinajstić information content (AvgIpc) is 3.05.